The van der Waals surface area contributed by atoms with Crippen molar-refractivity contribution >= 4 is 28.0 Å². The molecule has 1 saturated heterocycles. The Kier molecular flexibility index (Phi) is 2.75. The van der Waals surface area contributed by atoms with Gasteiger partial charge in [-0.3, -0.25) is 9.20 Å². The summed E-state index contributed by atoms with van der Waals surface area (Å²) in [5, 5.41) is 11.5. The predicted molar refractivity (Wildman–Crippen MR) is 73.1 cm³/mol. The molecule has 3 heterocycles. The van der Waals surface area contributed by atoms with Crippen molar-refractivity contribution in [1.82, 2.24) is 9.38 Å². The highest BCUT2D eigenvalue weighted by Crippen LogP contribution is 2.35. The van der Waals surface area contributed by atoms with Gasteiger partial charge in [-0.1, -0.05) is 0 Å². The number of nitrogens with zero attached hydrogens (tertiary/aromatic N) is 3. The molecule has 2 aromatic rings. The van der Waals surface area contributed by atoms with Gasteiger partial charge >= 0.3 is 0 Å². The number of amides is 1. The Bertz CT molecular complexity index is 635. The molecule has 3 N–H and O–H groups in total. The van der Waals surface area contributed by atoms with Gasteiger partial charge in [-0.25, -0.2) is 4.98 Å². The van der Waals surface area contributed by atoms with E-state index in [2.05, 4.69) is 4.98 Å². The number of aliphatic hydroxyl groups is 1. The molecule has 1 unspecified atom stereocenters. The summed E-state index contributed by atoms with van der Waals surface area (Å²) >= 11 is 1.53. The maximum Gasteiger partial charge on any atom is 0.225 e. The van der Waals surface area contributed by atoms with Crippen molar-refractivity contribution in [2.24, 2.45) is 11.1 Å². The standard InChI is InChI=1S/C12H16N4O2S/c1-12(10(13)18)2-3-15(7-12)9-8(6-17)16-4-5-19-11(16)14-9/h4-5,17H,2-3,6-7H2,1H3,(H2,13,18). The molecule has 0 bridgehead atoms. The van der Waals surface area contributed by atoms with Crippen LogP contribution in [-0.2, 0) is 11.4 Å². The molecule has 1 amide bonds. The Morgan fingerprint density at radius 2 is 2.47 bits per heavy atom. The lowest BCUT2D eigenvalue weighted by molar-refractivity contribution is -0.125. The third-order valence-electron chi connectivity index (χ3n) is 3.86. The lowest BCUT2D eigenvalue weighted by Crippen LogP contribution is -2.37. The number of thiazole rings is 1. The summed E-state index contributed by atoms with van der Waals surface area (Å²) in [4.78, 5) is 18.9. The molecule has 0 aromatic carbocycles. The second kappa shape index (κ2) is 4.21. The monoisotopic (exact) mass is 280 g/mol. The summed E-state index contributed by atoms with van der Waals surface area (Å²) < 4.78 is 1.89. The van der Waals surface area contributed by atoms with Crippen molar-refractivity contribution in [2.45, 2.75) is 20.0 Å². The van der Waals surface area contributed by atoms with Gasteiger partial charge in [0.15, 0.2) is 10.8 Å². The van der Waals surface area contributed by atoms with Gasteiger partial charge in [0.05, 0.1) is 17.7 Å². The van der Waals surface area contributed by atoms with Gasteiger partial charge in [0, 0.05) is 24.7 Å². The molecule has 1 fully saturated rings. The Hall–Kier alpha value is -1.60. The van der Waals surface area contributed by atoms with Crippen LogP contribution in [0.1, 0.15) is 19.0 Å². The van der Waals surface area contributed by atoms with Crippen LogP contribution >= 0.6 is 11.3 Å². The van der Waals surface area contributed by atoms with E-state index in [0.29, 0.717) is 6.54 Å². The minimum Gasteiger partial charge on any atom is -0.390 e. The number of imidazole rings is 1. The highest BCUT2D eigenvalue weighted by Gasteiger charge is 2.40. The topological polar surface area (TPSA) is 83.9 Å². The van der Waals surface area contributed by atoms with E-state index in [1.807, 2.05) is 27.8 Å². The molecule has 0 radical (unpaired) electrons. The number of nitrogens with two attached hydrogens (primary N) is 1. The minimum absolute atomic E-state index is 0.0724. The first-order valence-corrected chi connectivity index (χ1v) is 7.03. The van der Waals surface area contributed by atoms with Crippen molar-refractivity contribution in [2.75, 3.05) is 18.0 Å². The molecule has 1 atom stereocenters. The van der Waals surface area contributed by atoms with Crippen molar-refractivity contribution < 1.29 is 9.90 Å². The molecular weight excluding hydrogens is 264 g/mol. The highest BCUT2D eigenvalue weighted by molar-refractivity contribution is 7.15. The number of aliphatic hydroxyl groups excluding tert-OH is 1. The van der Waals surface area contributed by atoms with Crippen LogP contribution in [0, 0.1) is 5.41 Å². The number of hydrogen-bond acceptors (Lipinski definition) is 5. The second-order valence-electron chi connectivity index (χ2n) is 5.19. The number of primary amides is 1. The van der Waals surface area contributed by atoms with E-state index in [0.717, 1.165) is 29.4 Å². The van der Waals surface area contributed by atoms with E-state index < -0.39 is 5.41 Å². The fourth-order valence-corrected chi connectivity index (χ4v) is 3.29. The fourth-order valence-electron chi connectivity index (χ4n) is 2.56. The fraction of sp³-hybridized carbons (Fsp3) is 0.500. The van der Waals surface area contributed by atoms with E-state index >= 15 is 0 Å². The van der Waals surface area contributed by atoms with Gasteiger partial charge in [0.25, 0.3) is 0 Å². The molecule has 0 aliphatic carbocycles. The van der Waals surface area contributed by atoms with Crippen LogP contribution in [0.25, 0.3) is 4.96 Å². The van der Waals surface area contributed by atoms with Gasteiger partial charge in [0.2, 0.25) is 5.91 Å². The second-order valence-corrected chi connectivity index (χ2v) is 6.07. The van der Waals surface area contributed by atoms with Gasteiger partial charge in [-0.15, -0.1) is 11.3 Å². The van der Waals surface area contributed by atoms with E-state index in [-0.39, 0.29) is 12.5 Å². The molecule has 19 heavy (non-hydrogen) atoms. The number of fused-ring (bicyclic) bond motifs is 1. The highest BCUT2D eigenvalue weighted by atomic mass is 32.1. The lowest BCUT2D eigenvalue weighted by Gasteiger charge is -2.21. The molecule has 102 valence electrons. The zero-order chi connectivity index (χ0) is 13.6. The Morgan fingerprint density at radius 1 is 1.68 bits per heavy atom. The average Bonchev–Trinajstić information content (AvgIpc) is 3.01. The minimum atomic E-state index is -0.510. The zero-order valence-corrected chi connectivity index (χ0v) is 11.5. The van der Waals surface area contributed by atoms with Crippen LogP contribution in [0.3, 0.4) is 0 Å². The molecule has 3 rings (SSSR count). The summed E-state index contributed by atoms with van der Waals surface area (Å²) in [6.45, 7) is 3.10. The first kappa shape index (κ1) is 12.4. The Balaban J connectivity index is 1.97. The number of aromatic nitrogens is 2. The molecular formula is C12H16N4O2S. The molecule has 0 spiro atoms. The van der Waals surface area contributed by atoms with Gasteiger partial charge < -0.3 is 15.7 Å². The van der Waals surface area contributed by atoms with E-state index in [9.17, 15) is 9.90 Å². The molecule has 1 aliphatic rings. The van der Waals surface area contributed by atoms with Gasteiger partial charge in [0.1, 0.15) is 0 Å². The van der Waals surface area contributed by atoms with Gasteiger partial charge in [-0.2, -0.15) is 0 Å². The maximum atomic E-state index is 11.5. The normalized spacial score (nSPS) is 23.4. The van der Waals surface area contributed by atoms with Crippen LogP contribution in [0.4, 0.5) is 5.82 Å². The summed E-state index contributed by atoms with van der Waals surface area (Å²) in [5.41, 5.74) is 5.72. The zero-order valence-electron chi connectivity index (χ0n) is 10.7. The summed E-state index contributed by atoms with van der Waals surface area (Å²) in [5.74, 6) is 0.487. The first-order valence-electron chi connectivity index (χ1n) is 6.15. The molecule has 0 saturated carbocycles. The largest absolute Gasteiger partial charge is 0.390 e. The summed E-state index contributed by atoms with van der Waals surface area (Å²) in [6, 6.07) is 0. The number of anilines is 1. The van der Waals surface area contributed by atoms with Crippen LogP contribution in [0.5, 0.6) is 0 Å². The summed E-state index contributed by atoms with van der Waals surface area (Å²) in [6.07, 6.45) is 2.61. The summed E-state index contributed by atoms with van der Waals surface area (Å²) in [7, 11) is 0. The number of hydrogen-bond donors (Lipinski definition) is 2. The van der Waals surface area contributed by atoms with Crippen molar-refractivity contribution in [1.29, 1.82) is 0 Å². The van der Waals surface area contributed by atoms with Crippen molar-refractivity contribution in [3.8, 4) is 0 Å². The van der Waals surface area contributed by atoms with Crippen LogP contribution < -0.4 is 10.6 Å². The third kappa shape index (κ3) is 1.81. The SMILES string of the molecule is CC1(C(N)=O)CCN(c2nc3sccn3c2CO)C1. The van der Waals surface area contributed by atoms with E-state index in [1.54, 1.807) is 0 Å². The van der Waals surface area contributed by atoms with Crippen LogP contribution in [0.15, 0.2) is 11.6 Å². The number of carbonyl (C=O) groups is 1. The van der Waals surface area contributed by atoms with E-state index in [1.165, 1.54) is 11.3 Å². The third-order valence-corrected chi connectivity index (χ3v) is 4.61. The smallest absolute Gasteiger partial charge is 0.225 e. The van der Waals surface area contributed by atoms with E-state index in [4.69, 9.17) is 5.73 Å². The molecule has 6 nitrogen and oxygen atoms in total. The predicted octanol–water partition coefficient (Wildman–Crippen LogP) is 0.590. The molecule has 2 aromatic heterocycles. The molecule has 7 heteroatoms. The molecule has 1 aliphatic heterocycles. The average molecular weight is 280 g/mol. The van der Waals surface area contributed by atoms with Crippen molar-refractivity contribution in [3.05, 3.63) is 17.3 Å². The quantitative estimate of drug-likeness (QED) is 0.862. The first-order chi connectivity index (χ1) is 9.05. The Labute approximate surface area is 114 Å². The number of rotatable bonds is 3. The number of carbonyl (C=O) groups excluding carboxylic acids is 1. The maximum absolute atomic E-state index is 11.5. The van der Waals surface area contributed by atoms with Crippen LogP contribution in [0.2, 0.25) is 0 Å². The Morgan fingerprint density at radius 3 is 3.11 bits per heavy atom. The van der Waals surface area contributed by atoms with Gasteiger partial charge in [-0.05, 0) is 13.3 Å². The lowest BCUT2D eigenvalue weighted by atomic mass is 9.89. The van der Waals surface area contributed by atoms with Crippen LogP contribution in [-0.4, -0.2) is 33.5 Å². The van der Waals surface area contributed by atoms with Crippen molar-refractivity contribution in [3.63, 3.8) is 0 Å².